The van der Waals surface area contributed by atoms with Crippen LogP contribution in [0.4, 0.5) is 0 Å². The molecule has 1 N–H and O–H groups in total. The van der Waals surface area contributed by atoms with Crippen LogP contribution in [0.2, 0.25) is 0 Å². The summed E-state index contributed by atoms with van der Waals surface area (Å²) in [6, 6.07) is 1.95. The average Bonchev–Trinajstić information content (AvgIpc) is 2.80. The highest BCUT2D eigenvalue weighted by Crippen LogP contribution is 2.43. The first-order valence-corrected chi connectivity index (χ1v) is 6.75. The maximum absolute atomic E-state index is 11.0. The van der Waals surface area contributed by atoms with Gasteiger partial charge < -0.3 is 14.7 Å². The number of pyridine rings is 1. The normalized spacial score (nSPS) is 34.6. The first kappa shape index (κ1) is 11.9. The third-order valence-corrected chi connectivity index (χ3v) is 4.28. The number of hydrogen-bond acceptors (Lipinski definition) is 4. The van der Waals surface area contributed by atoms with Crippen molar-refractivity contribution in [1.82, 2.24) is 9.88 Å². The molecule has 3 unspecified atom stereocenters. The average molecular weight is 248 g/mol. The number of ether oxygens (including phenoxy) is 1. The Bertz CT molecular complexity index is 438. The van der Waals surface area contributed by atoms with Crippen molar-refractivity contribution in [3.8, 4) is 5.75 Å². The van der Waals surface area contributed by atoms with E-state index in [4.69, 9.17) is 4.74 Å². The second-order valence-corrected chi connectivity index (χ2v) is 5.30. The van der Waals surface area contributed by atoms with Gasteiger partial charge >= 0.3 is 0 Å². The molecule has 0 amide bonds. The monoisotopic (exact) mass is 248 g/mol. The Morgan fingerprint density at radius 1 is 1.50 bits per heavy atom. The smallest absolute Gasteiger partial charge is 0.137 e. The van der Waals surface area contributed by atoms with Crippen molar-refractivity contribution < 1.29 is 9.84 Å². The summed E-state index contributed by atoms with van der Waals surface area (Å²) in [6.45, 7) is 5.68. The summed E-state index contributed by atoms with van der Waals surface area (Å²) < 4.78 is 5.48. The van der Waals surface area contributed by atoms with Gasteiger partial charge in [-0.15, -0.1) is 0 Å². The summed E-state index contributed by atoms with van der Waals surface area (Å²) in [6.07, 6.45) is 5.38. The highest BCUT2D eigenvalue weighted by Gasteiger charge is 2.46. The third-order valence-electron chi connectivity index (χ3n) is 4.28. The second kappa shape index (κ2) is 4.52. The van der Waals surface area contributed by atoms with Crippen molar-refractivity contribution in [2.45, 2.75) is 25.4 Å². The summed E-state index contributed by atoms with van der Waals surface area (Å²) in [5, 5.41) is 11.0. The van der Waals surface area contributed by atoms with Gasteiger partial charge in [0.2, 0.25) is 0 Å². The van der Waals surface area contributed by atoms with Gasteiger partial charge in [0.25, 0.3) is 0 Å². The summed E-state index contributed by atoms with van der Waals surface area (Å²) in [5.74, 6) is 1.09. The van der Waals surface area contributed by atoms with Crippen LogP contribution >= 0.6 is 0 Å². The summed E-state index contributed by atoms with van der Waals surface area (Å²) >= 11 is 0. The summed E-state index contributed by atoms with van der Waals surface area (Å²) in [5.41, 5.74) is 0.201. The highest BCUT2D eigenvalue weighted by atomic mass is 16.5. The standard InChI is InChI=1S/C14H20N2O2/c1-2-18-13-7-12(8-15-9-13)14(17)4-6-16-5-3-11(14)10-16/h7-9,11,17H,2-6,10H2,1H3. The number of nitrogens with zero attached hydrogens (tertiary/aromatic N) is 2. The summed E-state index contributed by atoms with van der Waals surface area (Å²) in [4.78, 5) is 6.64. The molecule has 4 nitrogen and oxygen atoms in total. The minimum Gasteiger partial charge on any atom is -0.492 e. The van der Waals surface area contributed by atoms with Gasteiger partial charge in [0, 0.05) is 30.8 Å². The van der Waals surface area contributed by atoms with Crippen molar-refractivity contribution in [1.29, 1.82) is 0 Å². The van der Waals surface area contributed by atoms with Crippen LogP contribution < -0.4 is 4.74 Å². The fourth-order valence-corrected chi connectivity index (χ4v) is 3.24. The van der Waals surface area contributed by atoms with Gasteiger partial charge in [0.15, 0.2) is 0 Å². The Morgan fingerprint density at radius 2 is 2.39 bits per heavy atom. The van der Waals surface area contributed by atoms with Crippen LogP contribution in [0.3, 0.4) is 0 Å². The third kappa shape index (κ3) is 1.89. The van der Waals surface area contributed by atoms with Crippen LogP contribution in [-0.4, -0.2) is 41.2 Å². The molecule has 0 radical (unpaired) electrons. The Hall–Kier alpha value is -1.13. The molecule has 18 heavy (non-hydrogen) atoms. The molecule has 2 bridgehead atoms. The lowest BCUT2D eigenvalue weighted by atomic mass is 9.77. The zero-order valence-corrected chi connectivity index (χ0v) is 10.8. The number of rotatable bonds is 3. The maximum atomic E-state index is 11.0. The van der Waals surface area contributed by atoms with E-state index in [-0.39, 0.29) is 0 Å². The van der Waals surface area contributed by atoms with Crippen LogP contribution in [0.1, 0.15) is 25.3 Å². The second-order valence-electron chi connectivity index (χ2n) is 5.30. The molecule has 3 heterocycles. The van der Waals surface area contributed by atoms with Crippen LogP contribution in [-0.2, 0) is 5.60 Å². The molecule has 1 aromatic rings. The lowest BCUT2D eigenvalue weighted by Crippen LogP contribution is -2.44. The van der Waals surface area contributed by atoms with Crippen molar-refractivity contribution in [2.75, 3.05) is 26.2 Å². The van der Waals surface area contributed by atoms with E-state index in [1.165, 1.54) is 0 Å². The SMILES string of the molecule is CCOc1cncc(C2(O)CCN3CCC2C3)c1. The number of piperidine rings is 1. The molecule has 2 fully saturated rings. The van der Waals surface area contributed by atoms with Crippen LogP contribution in [0.5, 0.6) is 5.75 Å². The van der Waals surface area contributed by atoms with E-state index < -0.39 is 5.60 Å². The van der Waals surface area contributed by atoms with E-state index in [9.17, 15) is 5.11 Å². The number of fused-ring (bicyclic) bond motifs is 2. The first-order chi connectivity index (χ1) is 8.72. The van der Waals surface area contributed by atoms with E-state index in [1.54, 1.807) is 12.4 Å². The first-order valence-electron chi connectivity index (χ1n) is 6.75. The van der Waals surface area contributed by atoms with Crippen molar-refractivity contribution >= 4 is 0 Å². The predicted molar refractivity (Wildman–Crippen MR) is 68.5 cm³/mol. The molecular formula is C14H20N2O2. The van der Waals surface area contributed by atoms with Gasteiger partial charge in [0.05, 0.1) is 18.4 Å². The van der Waals surface area contributed by atoms with Crippen molar-refractivity contribution in [3.63, 3.8) is 0 Å². The molecular weight excluding hydrogens is 228 g/mol. The van der Waals surface area contributed by atoms with Gasteiger partial charge in [-0.3, -0.25) is 4.98 Å². The molecule has 0 aliphatic carbocycles. The Morgan fingerprint density at radius 3 is 3.22 bits per heavy atom. The quantitative estimate of drug-likeness (QED) is 0.878. The molecule has 3 atom stereocenters. The molecule has 2 aliphatic rings. The van der Waals surface area contributed by atoms with E-state index in [2.05, 4.69) is 9.88 Å². The highest BCUT2D eigenvalue weighted by molar-refractivity contribution is 5.30. The largest absolute Gasteiger partial charge is 0.492 e. The van der Waals surface area contributed by atoms with Crippen LogP contribution in [0, 0.1) is 5.92 Å². The molecule has 98 valence electrons. The topological polar surface area (TPSA) is 45.6 Å². The summed E-state index contributed by atoms with van der Waals surface area (Å²) in [7, 11) is 0. The predicted octanol–water partition coefficient (Wildman–Crippen LogP) is 1.39. The molecule has 1 aromatic heterocycles. The Labute approximate surface area is 108 Å². The molecule has 2 saturated heterocycles. The molecule has 0 aromatic carbocycles. The minimum atomic E-state index is -0.715. The van der Waals surface area contributed by atoms with E-state index in [0.29, 0.717) is 12.5 Å². The molecule has 3 rings (SSSR count). The zero-order valence-electron chi connectivity index (χ0n) is 10.8. The maximum Gasteiger partial charge on any atom is 0.137 e. The van der Waals surface area contributed by atoms with Gasteiger partial charge in [-0.2, -0.15) is 0 Å². The molecule has 2 aliphatic heterocycles. The van der Waals surface area contributed by atoms with Crippen molar-refractivity contribution in [2.24, 2.45) is 5.92 Å². The van der Waals surface area contributed by atoms with Gasteiger partial charge in [-0.05, 0) is 32.4 Å². The fraction of sp³-hybridized carbons (Fsp3) is 0.643. The van der Waals surface area contributed by atoms with E-state index >= 15 is 0 Å². The molecule has 0 saturated carbocycles. The zero-order chi connectivity index (χ0) is 12.6. The Kier molecular flexibility index (Phi) is 2.99. The van der Waals surface area contributed by atoms with Gasteiger partial charge in [-0.1, -0.05) is 0 Å². The number of aliphatic hydroxyl groups is 1. The van der Waals surface area contributed by atoms with Gasteiger partial charge in [0.1, 0.15) is 5.75 Å². The van der Waals surface area contributed by atoms with Gasteiger partial charge in [-0.25, -0.2) is 0 Å². The van der Waals surface area contributed by atoms with Crippen molar-refractivity contribution in [3.05, 3.63) is 24.0 Å². The number of hydrogen-bond donors (Lipinski definition) is 1. The lowest BCUT2D eigenvalue weighted by molar-refractivity contribution is -0.0506. The van der Waals surface area contributed by atoms with Crippen LogP contribution in [0.25, 0.3) is 0 Å². The minimum absolute atomic E-state index is 0.338. The number of aromatic nitrogens is 1. The fourth-order valence-electron chi connectivity index (χ4n) is 3.24. The molecule has 0 spiro atoms. The Balaban J connectivity index is 1.90. The van der Waals surface area contributed by atoms with E-state index in [0.717, 1.165) is 43.8 Å². The van der Waals surface area contributed by atoms with E-state index in [1.807, 2.05) is 13.0 Å². The lowest BCUT2D eigenvalue weighted by Gasteiger charge is -2.39. The molecule has 4 heteroatoms. The van der Waals surface area contributed by atoms with Crippen LogP contribution in [0.15, 0.2) is 18.5 Å².